The van der Waals surface area contributed by atoms with E-state index in [4.69, 9.17) is 5.73 Å². The van der Waals surface area contributed by atoms with Crippen LogP contribution in [0.1, 0.15) is 57.7 Å². The molecule has 0 heterocycles. The summed E-state index contributed by atoms with van der Waals surface area (Å²) in [6, 6.07) is 9.70. The van der Waals surface area contributed by atoms with Crippen molar-refractivity contribution in [3.8, 4) is 0 Å². The van der Waals surface area contributed by atoms with Crippen LogP contribution < -0.4 is 11.1 Å². The quantitative estimate of drug-likeness (QED) is 0.821. The zero-order chi connectivity index (χ0) is 13.0. The van der Waals surface area contributed by atoms with Crippen molar-refractivity contribution in [1.82, 2.24) is 5.32 Å². The molecule has 0 fully saturated rings. The summed E-state index contributed by atoms with van der Waals surface area (Å²) in [4.78, 5) is 0. The SMILES string of the molecule is CC(C)c1ccc(C(C)NC(C)C(C)N)cc1. The third-order valence-corrected chi connectivity index (χ3v) is 3.40. The second kappa shape index (κ2) is 6.18. The summed E-state index contributed by atoms with van der Waals surface area (Å²) in [5, 5.41) is 3.52. The molecule has 96 valence electrons. The fraction of sp³-hybridized carbons (Fsp3) is 0.600. The number of hydrogen-bond donors (Lipinski definition) is 2. The summed E-state index contributed by atoms with van der Waals surface area (Å²) in [5.41, 5.74) is 8.57. The summed E-state index contributed by atoms with van der Waals surface area (Å²) in [6.45, 7) is 10.8. The molecule has 0 aromatic heterocycles. The average Bonchev–Trinajstić information content (AvgIpc) is 2.28. The van der Waals surface area contributed by atoms with E-state index in [0.717, 1.165) is 0 Å². The van der Waals surface area contributed by atoms with Crippen molar-refractivity contribution >= 4 is 0 Å². The number of hydrogen-bond acceptors (Lipinski definition) is 2. The highest BCUT2D eigenvalue weighted by atomic mass is 15.0. The van der Waals surface area contributed by atoms with Crippen LogP contribution in [0, 0.1) is 0 Å². The molecule has 0 saturated carbocycles. The Labute approximate surface area is 106 Å². The van der Waals surface area contributed by atoms with Gasteiger partial charge in [-0.05, 0) is 37.8 Å². The first-order chi connectivity index (χ1) is 7.91. The Morgan fingerprint density at radius 3 is 1.76 bits per heavy atom. The van der Waals surface area contributed by atoms with Gasteiger partial charge in [-0.15, -0.1) is 0 Å². The molecule has 0 aliphatic rings. The van der Waals surface area contributed by atoms with Crippen molar-refractivity contribution in [2.45, 2.75) is 58.7 Å². The summed E-state index contributed by atoms with van der Waals surface area (Å²) in [5.74, 6) is 0.593. The van der Waals surface area contributed by atoms with Gasteiger partial charge in [0.05, 0.1) is 0 Å². The lowest BCUT2D eigenvalue weighted by atomic mass is 9.99. The summed E-state index contributed by atoms with van der Waals surface area (Å²) >= 11 is 0. The van der Waals surface area contributed by atoms with Gasteiger partial charge in [0.1, 0.15) is 0 Å². The molecule has 3 atom stereocenters. The Morgan fingerprint density at radius 1 is 0.882 bits per heavy atom. The highest BCUT2D eigenvalue weighted by molar-refractivity contribution is 5.26. The van der Waals surface area contributed by atoms with Crippen LogP contribution in [-0.2, 0) is 0 Å². The van der Waals surface area contributed by atoms with E-state index >= 15 is 0 Å². The molecular formula is C15H26N2. The van der Waals surface area contributed by atoms with Gasteiger partial charge in [0, 0.05) is 18.1 Å². The number of benzene rings is 1. The minimum Gasteiger partial charge on any atom is -0.327 e. The molecule has 2 nitrogen and oxygen atoms in total. The van der Waals surface area contributed by atoms with E-state index in [1.165, 1.54) is 11.1 Å². The molecule has 1 rings (SSSR count). The van der Waals surface area contributed by atoms with Gasteiger partial charge in [0.2, 0.25) is 0 Å². The zero-order valence-electron chi connectivity index (χ0n) is 11.7. The van der Waals surface area contributed by atoms with Gasteiger partial charge in [-0.3, -0.25) is 0 Å². The van der Waals surface area contributed by atoms with Crippen LogP contribution in [-0.4, -0.2) is 12.1 Å². The van der Waals surface area contributed by atoms with Gasteiger partial charge in [-0.25, -0.2) is 0 Å². The maximum atomic E-state index is 5.86. The highest BCUT2D eigenvalue weighted by Gasteiger charge is 2.12. The van der Waals surface area contributed by atoms with E-state index < -0.39 is 0 Å². The van der Waals surface area contributed by atoms with Crippen LogP contribution in [0.5, 0.6) is 0 Å². The maximum Gasteiger partial charge on any atom is 0.0294 e. The molecule has 3 unspecified atom stereocenters. The molecule has 0 aliphatic carbocycles. The second-order valence-electron chi connectivity index (χ2n) is 5.36. The molecule has 17 heavy (non-hydrogen) atoms. The maximum absolute atomic E-state index is 5.86. The molecule has 2 heteroatoms. The molecule has 0 bridgehead atoms. The average molecular weight is 234 g/mol. The Morgan fingerprint density at radius 2 is 1.35 bits per heavy atom. The lowest BCUT2D eigenvalue weighted by molar-refractivity contribution is 0.430. The third kappa shape index (κ3) is 4.14. The molecule has 0 spiro atoms. The molecule has 0 aliphatic heterocycles. The summed E-state index contributed by atoms with van der Waals surface area (Å²) < 4.78 is 0. The van der Waals surface area contributed by atoms with Crippen molar-refractivity contribution in [3.05, 3.63) is 35.4 Å². The monoisotopic (exact) mass is 234 g/mol. The van der Waals surface area contributed by atoms with E-state index in [0.29, 0.717) is 18.0 Å². The van der Waals surface area contributed by atoms with Crippen molar-refractivity contribution < 1.29 is 0 Å². The van der Waals surface area contributed by atoms with Crippen LogP contribution >= 0.6 is 0 Å². The Bertz CT molecular complexity index is 327. The predicted molar refractivity (Wildman–Crippen MR) is 75.2 cm³/mol. The molecule has 1 aromatic rings. The Balaban J connectivity index is 2.66. The van der Waals surface area contributed by atoms with E-state index in [9.17, 15) is 0 Å². The fourth-order valence-corrected chi connectivity index (χ4v) is 1.81. The highest BCUT2D eigenvalue weighted by Crippen LogP contribution is 2.18. The van der Waals surface area contributed by atoms with Gasteiger partial charge in [-0.1, -0.05) is 38.1 Å². The fourth-order valence-electron chi connectivity index (χ4n) is 1.81. The van der Waals surface area contributed by atoms with Crippen molar-refractivity contribution in [1.29, 1.82) is 0 Å². The lowest BCUT2D eigenvalue weighted by Gasteiger charge is -2.23. The Kier molecular flexibility index (Phi) is 5.16. The van der Waals surface area contributed by atoms with E-state index in [2.05, 4.69) is 57.3 Å². The topological polar surface area (TPSA) is 38.0 Å². The van der Waals surface area contributed by atoms with Crippen LogP contribution in [0.2, 0.25) is 0 Å². The number of nitrogens with one attached hydrogen (secondary N) is 1. The van der Waals surface area contributed by atoms with Crippen LogP contribution in [0.25, 0.3) is 0 Å². The van der Waals surface area contributed by atoms with Gasteiger partial charge >= 0.3 is 0 Å². The third-order valence-electron chi connectivity index (χ3n) is 3.40. The number of nitrogens with two attached hydrogens (primary N) is 1. The van der Waals surface area contributed by atoms with Gasteiger partial charge in [-0.2, -0.15) is 0 Å². The normalized spacial score (nSPS) is 16.9. The zero-order valence-corrected chi connectivity index (χ0v) is 11.7. The standard InChI is InChI=1S/C15H26N2/c1-10(2)14-6-8-15(9-7-14)13(5)17-12(4)11(3)16/h6-13,17H,16H2,1-5H3. The first-order valence-electron chi connectivity index (χ1n) is 6.53. The second-order valence-corrected chi connectivity index (χ2v) is 5.36. The van der Waals surface area contributed by atoms with Crippen molar-refractivity contribution in [3.63, 3.8) is 0 Å². The van der Waals surface area contributed by atoms with Crippen molar-refractivity contribution in [2.24, 2.45) is 5.73 Å². The van der Waals surface area contributed by atoms with Crippen LogP contribution in [0.4, 0.5) is 0 Å². The largest absolute Gasteiger partial charge is 0.327 e. The molecular weight excluding hydrogens is 208 g/mol. The summed E-state index contributed by atoms with van der Waals surface area (Å²) in [7, 11) is 0. The van der Waals surface area contributed by atoms with E-state index in [1.54, 1.807) is 0 Å². The minimum absolute atomic E-state index is 0.174. The van der Waals surface area contributed by atoms with Gasteiger partial charge < -0.3 is 11.1 Å². The first kappa shape index (κ1) is 14.2. The molecule has 0 radical (unpaired) electrons. The van der Waals surface area contributed by atoms with Gasteiger partial charge in [0.25, 0.3) is 0 Å². The smallest absolute Gasteiger partial charge is 0.0294 e. The van der Waals surface area contributed by atoms with E-state index in [1.807, 2.05) is 6.92 Å². The lowest BCUT2D eigenvalue weighted by Crippen LogP contribution is -2.41. The molecule has 1 aromatic carbocycles. The summed E-state index contributed by atoms with van der Waals surface area (Å²) in [6.07, 6.45) is 0. The molecule has 3 N–H and O–H groups in total. The molecule has 0 saturated heterocycles. The van der Waals surface area contributed by atoms with E-state index in [-0.39, 0.29) is 6.04 Å². The van der Waals surface area contributed by atoms with Crippen molar-refractivity contribution in [2.75, 3.05) is 0 Å². The predicted octanol–water partition coefficient (Wildman–Crippen LogP) is 3.20. The minimum atomic E-state index is 0.174. The van der Waals surface area contributed by atoms with Crippen LogP contribution in [0.15, 0.2) is 24.3 Å². The van der Waals surface area contributed by atoms with Crippen LogP contribution in [0.3, 0.4) is 0 Å². The number of rotatable bonds is 5. The van der Waals surface area contributed by atoms with Gasteiger partial charge in [0.15, 0.2) is 0 Å². The molecule has 0 amide bonds. The Hall–Kier alpha value is -0.860. The first-order valence-corrected chi connectivity index (χ1v) is 6.53.